The number of hydrogen-bond acceptors (Lipinski definition) is 3. The lowest BCUT2D eigenvalue weighted by Crippen LogP contribution is -2.34. The third kappa shape index (κ3) is 1.57. The fourth-order valence-electron chi connectivity index (χ4n) is 1.46. The molecule has 76 valence electrons. The Morgan fingerprint density at radius 1 is 1.57 bits per heavy atom. The molecule has 1 saturated heterocycles. The normalized spacial score (nSPS) is 25.7. The quantitative estimate of drug-likeness (QED) is 0.604. The van der Waals surface area contributed by atoms with Gasteiger partial charge in [0.1, 0.15) is 0 Å². The van der Waals surface area contributed by atoms with Crippen LogP contribution in [0.3, 0.4) is 0 Å². The summed E-state index contributed by atoms with van der Waals surface area (Å²) in [5.74, 6) is 0. The summed E-state index contributed by atoms with van der Waals surface area (Å²) in [6, 6.07) is 0. The van der Waals surface area contributed by atoms with Crippen molar-refractivity contribution in [3.8, 4) is 0 Å². The molecule has 1 fully saturated rings. The van der Waals surface area contributed by atoms with Gasteiger partial charge >= 0.3 is 7.12 Å². The van der Waals surface area contributed by atoms with Crippen LogP contribution in [0.15, 0.2) is 12.4 Å². The molecule has 0 unspecified atom stereocenters. The second-order valence-corrected chi connectivity index (χ2v) is 4.28. The van der Waals surface area contributed by atoms with Gasteiger partial charge in [0.25, 0.3) is 0 Å². The molecular formula is C9H15BN2O2. The van der Waals surface area contributed by atoms with E-state index in [0.717, 1.165) is 5.46 Å². The summed E-state index contributed by atoms with van der Waals surface area (Å²) in [5.41, 5.74) is 0.755. The molecule has 2 heterocycles. The highest BCUT2D eigenvalue weighted by Crippen LogP contribution is 2.26. The second kappa shape index (κ2) is 3.10. The van der Waals surface area contributed by atoms with Crippen molar-refractivity contribution < 1.29 is 9.31 Å². The van der Waals surface area contributed by atoms with Crippen LogP contribution in [0, 0.1) is 0 Å². The maximum Gasteiger partial charge on any atom is 0.497 e. The topological polar surface area (TPSA) is 36.3 Å². The Labute approximate surface area is 84.3 Å². The molecule has 1 aromatic heterocycles. The molecule has 0 bridgehead atoms. The molecular weight excluding hydrogens is 179 g/mol. The lowest BCUT2D eigenvalue weighted by atomic mass is 9.82. The SMILES string of the molecule is C[C@H]1OB(c2cnn(C)c2)OC1(C)C. The molecule has 0 aromatic carbocycles. The van der Waals surface area contributed by atoms with E-state index in [4.69, 9.17) is 9.31 Å². The van der Waals surface area contributed by atoms with E-state index in [1.54, 1.807) is 10.9 Å². The van der Waals surface area contributed by atoms with Gasteiger partial charge in [-0.2, -0.15) is 5.10 Å². The summed E-state index contributed by atoms with van der Waals surface area (Å²) in [6.07, 6.45) is 3.80. The van der Waals surface area contributed by atoms with Crippen LogP contribution in [0.1, 0.15) is 20.8 Å². The molecule has 4 nitrogen and oxygen atoms in total. The van der Waals surface area contributed by atoms with E-state index in [1.165, 1.54) is 0 Å². The van der Waals surface area contributed by atoms with Crippen LogP contribution < -0.4 is 5.46 Å². The molecule has 0 aliphatic carbocycles. The van der Waals surface area contributed by atoms with E-state index in [0.29, 0.717) is 0 Å². The fourth-order valence-corrected chi connectivity index (χ4v) is 1.46. The van der Waals surface area contributed by atoms with E-state index in [-0.39, 0.29) is 18.8 Å². The van der Waals surface area contributed by atoms with Crippen molar-refractivity contribution in [3.63, 3.8) is 0 Å². The molecule has 1 aromatic rings. The Bertz CT molecular complexity index is 337. The minimum absolute atomic E-state index is 0.104. The Balaban J connectivity index is 2.16. The van der Waals surface area contributed by atoms with Crippen LogP contribution in [-0.2, 0) is 16.4 Å². The molecule has 0 saturated carbocycles. The fraction of sp³-hybridized carbons (Fsp3) is 0.667. The molecule has 14 heavy (non-hydrogen) atoms. The smallest absolute Gasteiger partial charge is 0.402 e. The van der Waals surface area contributed by atoms with Crippen molar-refractivity contribution in [3.05, 3.63) is 12.4 Å². The van der Waals surface area contributed by atoms with Crippen molar-refractivity contribution >= 4 is 12.6 Å². The first-order chi connectivity index (χ1) is 6.49. The summed E-state index contributed by atoms with van der Waals surface area (Å²) in [4.78, 5) is 0. The largest absolute Gasteiger partial charge is 0.497 e. The number of aryl methyl sites for hydroxylation is 1. The van der Waals surface area contributed by atoms with Crippen LogP contribution in [0.4, 0.5) is 0 Å². The third-order valence-electron chi connectivity index (χ3n) is 2.71. The first kappa shape index (κ1) is 9.74. The number of aromatic nitrogens is 2. The molecule has 0 spiro atoms. The lowest BCUT2D eigenvalue weighted by molar-refractivity contribution is 0.0842. The second-order valence-electron chi connectivity index (χ2n) is 4.28. The highest BCUT2D eigenvalue weighted by atomic mass is 16.7. The minimum Gasteiger partial charge on any atom is -0.402 e. The van der Waals surface area contributed by atoms with Crippen LogP contribution in [0.25, 0.3) is 0 Å². The number of nitrogens with zero attached hydrogens (tertiary/aromatic N) is 2. The van der Waals surface area contributed by atoms with Crippen molar-refractivity contribution in [1.29, 1.82) is 0 Å². The molecule has 1 atom stereocenters. The van der Waals surface area contributed by atoms with E-state index in [1.807, 2.05) is 34.0 Å². The maximum absolute atomic E-state index is 5.78. The predicted octanol–water partition coefficient (Wildman–Crippen LogP) is 0.329. The molecule has 5 heteroatoms. The van der Waals surface area contributed by atoms with Crippen LogP contribution in [0.5, 0.6) is 0 Å². The van der Waals surface area contributed by atoms with E-state index in [9.17, 15) is 0 Å². The Morgan fingerprint density at radius 3 is 2.71 bits per heavy atom. The first-order valence-corrected chi connectivity index (χ1v) is 4.81. The van der Waals surface area contributed by atoms with Crippen LogP contribution in [0.2, 0.25) is 0 Å². The monoisotopic (exact) mass is 194 g/mol. The van der Waals surface area contributed by atoms with Crippen LogP contribution >= 0.6 is 0 Å². The third-order valence-corrected chi connectivity index (χ3v) is 2.71. The molecule has 0 N–H and O–H groups in total. The summed E-state index contributed by atoms with van der Waals surface area (Å²) in [5, 5.41) is 4.09. The standard InChI is InChI=1S/C9H15BN2O2/c1-7-9(2,3)14-10(13-7)8-5-11-12(4)6-8/h5-7H,1-4H3/t7-/m1/s1. The van der Waals surface area contributed by atoms with Gasteiger partial charge in [-0.25, -0.2) is 0 Å². The highest BCUT2D eigenvalue weighted by Gasteiger charge is 2.44. The van der Waals surface area contributed by atoms with E-state index < -0.39 is 0 Å². The highest BCUT2D eigenvalue weighted by molar-refractivity contribution is 6.61. The summed E-state index contributed by atoms with van der Waals surface area (Å²) in [7, 11) is 1.61. The zero-order chi connectivity index (χ0) is 10.3. The van der Waals surface area contributed by atoms with Gasteiger partial charge in [-0.05, 0) is 20.8 Å². The maximum atomic E-state index is 5.78. The zero-order valence-corrected chi connectivity index (χ0v) is 9.02. The van der Waals surface area contributed by atoms with E-state index >= 15 is 0 Å². The van der Waals surface area contributed by atoms with Gasteiger partial charge in [-0.3, -0.25) is 4.68 Å². The average molecular weight is 194 g/mol. The number of rotatable bonds is 1. The predicted molar refractivity (Wildman–Crippen MR) is 54.3 cm³/mol. The molecule has 1 aliphatic heterocycles. The summed E-state index contributed by atoms with van der Waals surface area (Å²) in [6.45, 7) is 6.10. The Kier molecular flexibility index (Phi) is 2.16. The molecule has 0 radical (unpaired) electrons. The summed E-state index contributed by atoms with van der Waals surface area (Å²) >= 11 is 0. The van der Waals surface area contributed by atoms with Crippen molar-refractivity contribution in [1.82, 2.24) is 9.78 Å². The molecule has 0 amide bonds. The lowest BCUT2D eigenvalue weighted by Gasteiger charge is -2.21. The Morgan fingerprint density at radius 2 is 2.29 bits per heavy atom. The minimum atomic E-state index is -0.270. The van der Waals surface area contributed by atoms with Gasteiger partial charge in [0.15, 0.2) is 0 Å². The zero-order valence-electron chi connectivity index (χ0n) is 9.02. The van der Waals surface area contributed by atoms with E-state index in [2.05, 4.69) is 5.10 Å². The van der Waals surface area contributed by atoms with Gasteiger partial charge in [-0.1, -0.05) is 0 Å². The van der Waals surface area contributed by atoms with Gasteiger partial charge in [-0.15, -0.1) is 0 Å². The Hall–Kier alpha value is -0.805. The van der Waals surface area contributed by atoms with Gasteiger partial charge < -0.3 is 9.31 Å². The van der Waals surface area contributed by atoms with Crippen molar-refractivity contribution in [2.75, 3.05) is 0 Å². The van der Waals surface area contributed by atoms with Gasteiger partial charge in [0, 0.05) is 24.9 Å². The first-order valence-electron chi connectivity index (χ1n) is 4.81. The van der Waals surface area contributed by atoms with Gasteiger partial charge in [0.05, 0.1) is 11.7 Å². The average Bonchev–Trinajstić information content (AvgIpc) is 2.58. The summed E-state index contributed by atoms with van der Waals surface area (Å²) < 4.78 is 13.2. The van der Waals surface area contributed by atoms with Crippen molar-refractivity contribution in [2.45, 2.75) is 32.5 Å². The van der Waals surface area contributed by atoms with Gasteiger partial charge in [0.2, 0.25) is 0 Å². The number of hydrogen-bond donors (Lipinski definition) is 0. The van der Waals surface area contributed by atoms with Crippen molar-refractivity contribution in [2.24, 2.45) is 7.05 Å². The molecule has 1 aliphatic rings. The molecule has 2 rings (SSSR count). The van der Waals surface area contributed by atoms with Crippen LogP contribution in [-0.4, -0.2) is 28.6 Å².